The van der Waals surface area contributed by atoms with Gasteiger partial charge in [-0.1, -0.05) is 51.1 Å². The van der Waals surface area contributed by atoms with Crippen LogP contribution in [0.15, 0.2) is 42.5 Å². The molecule has 248 valence electrons. The molecule has 0 aromatic heterocycles. The summed E-state index contributed by atoms with van der Waals surface area (Å²) in [6.07, 6.45) is -3.95. The number of cyclic esters (lactones) is 1. The Hall–Kier alpha value is -2.87. The van der Waals surface area contributed by atoms with Gasteiger partial charge in [-0.3, -0.25) is 9.59 Å². The van der Waals surface area contributed by atoms with E-state index in [0.717, 1.165) is 5.57 Å². The van der Waals surface area contributed by atoms with Crippen molar-refractivity contribution in [1.82, 2.24) is 5.32 Å². The zero-order valence-corrected chi connectivity index (χ0v) is 26.8. The number of fused-ring (bicyclic) bond motifs is 1. The van der Waals surface area contributed by atoms with Gasteiger partial charge >= 0.3 is 11.9 Å². The number of methoxy groups -OCH3 is 2. The minimum atomic E-state index is -1.65. The molecule has 12 nitrogen and oxygen atoms in total. The Kier molecular flexibility index (Phi) is 10.0. The number of carbonyl (C=O) groups excluding carboxylic acids is 3. The molecule has 0 unspecified atom stereocenters. The summed E-state index contributed by atoms with van der Waals surface area (Å²) in [7, 11) is 3.01. The lowest BCUT2D eigenvalue weighted by Crippen LogP contribution is -2.69. The lowest BCUT2D eigenvalue weighted by Gasteiger charge is -2.54. The van der Waals surface area contributed by atoms with Crippen molar-refractivity contribution in [3.8, 4) is 0 Å². The standard InChI is InChI=1S/C33H45NO11/c1-18-16-33(39-7,45-20(3)19(18)2)28(44-31(37)21-11-9-8-10-12-21)29(36)34-30-26-25(40-17-41-30)27(38-6)32(4,5)23(43-26)15-22-13-14-24(35)42-22/h8-12,19-20,22-23,25-28,30H,1,13-17H2,2-7H3,(H,34,36)/t19-,20-,22-,23-,25+,26+,27-,28+,30+,33-/m1/s1. The van der Waals surface area contributed by atoms with Crippen molar-refractivity contribution in [2.24, 2.45) is 11.3 Å². The molecular weight excluding hydrogens is 586 g/mol. The lowest BCUT2D eigenvalue weighted by molar-refractivity contribution is -0.332. The second kappa shape index (κ2) is 13.5. The van der Waals surface area contributed by atoms with E-state index in [1.54, 1.807) is 37.4 Å². The summed E-state index contributed by atoms with van der Waals surface area (Å²) in [6, 6.07) is 8.37. The fraction of sp³-hybridized carbons (Fsp3) is 0.667. The van der Waals surface area contributed by atoms with E-state index in [1.165, 1.54) is 7.11 Å². The summed E-state index contributed by atoms with van der Waals surface area (Å²) in [5, 5.41) is 2.89. The first-order chi connectivity index (χ1) is 21.4. The van der Waals surface area contributed by atoms with Crippen LogP contribution in [0.4, 0.5) is 0 Å². The molecule has 4 heterocycles. The van der Waals surface area contributed by atoms with Crippen LogP contribution in [0.25, 0.3) is 0 Å². The zero-order chi connectivity index (χ0) is 32.5. The Balaban J connectivity index is 1.42. The first kappa shape index (κ1) is 33.5. The first-order valence-corrected chi connectivity index (χ1v) is 15.5. The van der Waals surface area contributed by atoms with Crippen LogP contribution in [-0.4, -0.2) is 93.6 Å². The quantitative estimate of drug-likeness (QED) is 0.318. The van der Waals surface area contributed by atoms with Gasteiger partial charge in [0.05, 0.1) is 23.9 Å². The smallest absolute Gasteiger partial charge is 0.339 e. The van der Waals surface area contributed by atoms with Gasteiger partial charge < -0.3 is 43.2 Å². The first-order valence-electron chi connectivity index (χ1n) is 15.5. The molecule has 5 rings (SSSR count). The fourth-order valence-electron chi connectivity index (χ4n) is 6.80. The lowest BCUT2D eigenvalue weighted by atomic mass is 9.72. The third-order valence-electron chi connectivity index (χ3n) is 9.72. The van der Waals surface area contributed by atoms with Crippen molar-refractivity contribution in [3.63, 3.8) is 0 Å². The largest absolute Gasteiger partial charge is 0.462 e. The van der Waals surface area contributed by atoms with Crippen molar-refractivity contribution in [3.05, 3.63) is 48.0 Å². The maximum absolute atomic E-state index is 14.2. The van der Waals surface area contributed by atoms with Gasteiger partial charge in [0.1, 0.15) is 25.1 Å². The van der Waals surface area contributed by atoms with E-state index in [1.807, 2.05) is 27.7 Å². The molecule has 1 N–H and O–H groups in total. The average molecular weight is 632 g/mol. The Morgan fingerprint density at radius 1 is 1.11 bits per heavy atom. The summed E-state index contributed by atoms with van der Waals surface area (Å²) in [4.78, 5) is 39.4. The van der Waals surface area contributed by atoms with Crippen LogP contribution in [-0.2, 0) is 47.5 Å². The molecule has 0 bridgehead atoms. The molecule has 0 aliphatic carbocycles. The highest BCUT2D eigenvalue weighted by Crippen LogP contribution is 2.45. The van der Waals surface area contributed by atoms with E-state index in [0.29, 0.717) is 19.3 Å². The third-order valence-corrected chi connectivity index (χ3v) is 9.72. The average Bonchev–Trinajstić information content (AvgIpc) is 3.43. The van der Waals surface area contributed by atoms with Crippen molar-refractivity contribution < 1.29 is 52.3 Å². The zero-order valence-electron chi connectivity index (χ0n) is 26.8. The molecule has 1 aromatic rings. The minimum Gasteiger partial charge on any atom is -0.462 e. The minimum absolute atomic E-state index is 0.0116. The van der Waals surface area contributed by atoms with E-state index < -0.39 is 59.8 Å². The van der Waals surface area contributed by atoms with Gasteiger partial charge in [0, 0.05) is 44.8 Å². The highest BCUT2D eigenvalue weighted by atomic mass is 16.7. The van der Waals surface area contributed by atoms with Crippen molar-refractivity contribution >= 4 is 17.8 Å². The molecule has 1 amide bonds. The van der Waals surface area contributed by atoms with E-state index in [9.17, 15) is 14.4 Å². The topological polar surface area (TPSA) is 137 Å². The van der Waals surface area contributed by atoms with E-state index >= 15 is 0 Å². The Morgan fingerprint density at radius 2 is 1.84 bits per heavy atom. The molecule has 4 aliphatic rings. The van der Waals surface area contributed by atoms with E-state index in [2.05, 4.69) is 11.9 Å². The molecule has 4 aliphatic heterocycles. The molecule has 10 atom stereocenters. The van der Waals surface area contributed by atoms with Crippen LogP contribution in [0, 0.1) is 11.3 Å². The van der Waals surface area contributed by atoms with Gasteiger partial charge in [-0.2, -0.15) is 0 Å². The van der Waals surface area contributed by atoms with Crippen LogP contribution in [0.3, 0.4) is 0 Å². The molecular formula is C33H45NO11. The summed E-state index contributed by atoms with van der Waals surface area (Å²) in [6.45, 7) is 11.9. The fourth-order valence-corrected chi connectivity index (χ4v) is 6.80. The highest BCUT2D eigenvalue weighted by molar-refractivity contribution is 5.92. The number of hydrogen-bond acceptors (Lipinski definition) is 11. The summed E-state index contributed by atoms with van der Waals surface area (Å²) in [5.74, 6) is -3.32. The van der Waals surface area contributed by atoms with Crippen molar-refractivity contribution in [2.75, 3.05) is 21.0 Å². The highest BCUT2D eigenvalue weighted by Gasteiger charge is 2.58. The van der Waals surface area contributed by atoms with Crippen molar-refractivity contribution in [2.45, 2.75) is 108 Å². The predicted octanol–water partition coefficient (Wildman–Crippen LogP) is 3.28. The molecule has 0 saturated carbocycles. The Bertz CT molecular complexity index is 1250. The van der Waals surface area contributed by atoms with Crippen LogP contribution in [0.2, 0.25) is 0 Å². The number of carbonyl (C=O) groups is 3. The monoisotopic (exact) mass is 631 g/mol. The van der Waals surface area contributed by atoms with Gasteiger partial charge in [0.15, 0.2) is 6.23 Å². The molecule has 4 saturated heterocycles. The van der Waals surface area contributed by atoms with Gasteiger partial charge in [-0.25, -0.2) is 4.79 Å². The number of ether oxygens (including phenoxy) is 8. The number of benzene rings is 1. The molecule has 4 fully saturated rings. The maximum atomic E-state index is 14.2. The Labute approximate surface area is 264 Å². The number of hydrogen-bond donors (Lipinski definition) is 1. The Morgan fingerprint density at radius 3 is 2.47 bits per heavy atom. The normalized spacial score (nSPS) is 36.8. The third kappa shape index (κ3) is 6.68. The number of nitrogens with one attached hydrogen (secondary N) is 1. The number of amides is 1. The van der Waals surface area contributed by atoms with Crippen LogP contribution in [0.5, 0.6) is 0 Å². The van der Waals surface area contributed by atoms with Crippen LogP contribution in [0.1, 0.15) is 63.7 Å². The molecule has 1 aromatic carbocycles. The van der Waals surface area contributed by atoms with Gasteiger partial charge in [0.2, 0.25) is 11.9 Å². The molecule has 12 heteroatoms. The number of esters is 2. The van der Waals surface area contributed by atoms with Gasteiger partial charge in [-0.05, 0) is 25.5 Å². The predicted molar refractivity (Wildman–Crippen MR) is 159 cm³/mol. The number of rotatable bonds is 9. The summed E-state index contributed by atoms with van der Waals surface area (Å²) < 4.78 is 48.0. The van der Waals surface area contributed by atoms with Crippen LogP contribution >= 0.6 is 0 Å². The van der Waals surface area contributed by atoms with E-state index in [4.69, 9.17) is 37.9 Å². The van der Waals surface area contributed by atoms with Gasteiger partial charge in [-0.15, -0.1) is 0 Å². The van der Waals surface area contributed by atoms with Crippen LogP contribution < -0.4 is 5.32 Å². The molecule has 45 heavy (non-hydrogen) atoms. The summed E-state index contributed by atoms with van der Waals surface area (Å²) in [5.41, 5.74) is 0.521. The second-order valence-electron chi connectivity index (χ2n) is 12.9. The van der Waals surface area contributed by atoms with Crippen molar-refractivity contribution in [1.29, 1.82) is 0 Å². The summed E-state index contributed by atoms with van der Waals surface area (Å²) >= 11 is 0. The molecule has 0 radical (unpaired) electrons. The second-order valence-corrected chi connectivity index (χ2v) is 12.9. The molecule has 0 spiro atoms. The SMILES string of the molecule is C=C1C[C@](OC)([C@@H](OC(=O)c2ccccc2)C(=O)N[C@H]2OCO[C@H]3[C@@H]2O[C@H](C[C@H]2CCC(=O)O2)C(C)(C)[C@@H]3OC)O[C@H](C)[C@@H]1C. The van der Waals surface area contributed by atoms with E-state index in [-0.39, 0.29) is 42.9 Å². The van der Waals surface area contributed by atoms with Gasteiger partial charge in [0.25, 0.3) is 5.91 Å². The maximum Gasteiger partial charge on any atom is 0.339 e.